The number of hydrogen-bond acceptors (Lipinski definition) is 18. The average Bonchev–Trinajstić information content (AvgIpc) is 1.64. The summed E-state index contributed by atoms with van der Waals surface area (Å²) >= 11 is 0. The van der Waals surface area contributed by atoms with Crippen molar-refractivity contribution in [1.82, 2.24) is 31.1 Å². The molecule has 11 N–H and O–H groups in total. The second-order valence-corrected chi connectivity index (χ2v) is 25.9. The molecule has 2 amide bonds. The molecule has 23 nitrogen and oxygen atoms in total. The third-order valence-electron chi connectivity index (χ3n) is 17.4. The number of aliphatic carboxylic acids is 3. The molecule has 7 rings (SSSR count). The second kappa shape index (κ2) is 41.9. The molecule has 1 aromatic carbocycles. The molecule has 3 saturated carbocycles. The summed E-state index contributed by atoms with van der Waals surface area (Å²) in [5.74, 6) is 0.503. The number of carbonyl (C=O) groups excluding carboxylic acids is 6. The van der Waals surface area contributed by atoms with Crippen molar-refractivity contribution in [3.05, 3.63) is 35.9 Å². The Morgan fingerprint density at radius 1 is 0.598 bits per heavy atom. The van der Waals surface area contributed by atoms with Gasteiger partial charge in [-0.3, -0.25) is 49.5 Å². The molecule has 0 unspecified atom stereocenters. The van der Waals surface area contributed by atoms with Crippen LogP contribution in [0.15, 0.2) is 30.3 Å². The van der Waals surface area contributed by atoms with Crippen LogP contribution in [-0.4, -0.2) is 173 Å². The van der Waals surface area contributed by atoms with Crippen LogP contribution >= 0.6 is 0 Å². The summed E-state index contributed by atoms with van der Waals surface area (Å²) in [6.07, 6.45) is 21.8. The number of benzene rings is 1. The minimum Gasteiger partial charge on any atom is -0.480 e. The Hall–Kier alpha value is -6.63. The molecule has 0 aromatic heterocycles. The van der Waals surface area contributed by atoms with Crippen molar-refractivity contribution in [1.29, 1.82) is 0 Å². The van der Waals surface area contributed by atoms with E-state index in [0.717, 1.165) is 69.8 Å². The topological polar surface area (TPSA) is 354 Å². The number of esters is 2. The second-order valence-electron chi connectivity index (χ2n) is 25.9. The smallest absolute Gasteiger partial charge is 0.326 e. The number of carboxylic acid groups (broad SMARTS) is 3. The van der Waals surface area contributed by atoms with E-state index in [1.165, 1.54) is 42.4 Å². The Balaban J connectivity index is 0.000000413. The fraction of sp³-hybridized carbons (Fsp3) is 0.725. The van der Waals surface area contributed by atoms with Gasteiger partial charge in [0.2, 0.25) is 23.4 Å². The standard InChI is InChI=1S/2C19H28N2O5.C16H21NO2.C10H19NO4.C4H11N.CH4/c2*1-3-6-14(17(23)9-10-22)20-12(2)18(24)21-15-8-5-4-7-13(15)11-16(21)19(25)26;18-16(19-11-12-6-2-1-3-7-12)15-10-13-8-4-5-9-14(13)17-15;1-4-6-8(10(14)15-5-2)11-7(3)9(12)13;1-4(2,3)5;/h2*12-16,20,22H,3-8,11H2,1-2H3,(H,25,26);1-3,6-7,13-15,17H,4-5,8-11H2;7-8,11H,4-6H2,1-3H3,(H,12,13);5H2,1-3H3;1H4/t2*12-,13-,14-,15-,16-;13-,14-,15-;7-,8-;;/m0000../s1. The zero-order valence-corrected chi connectivity index (χ0v) is 55.5. The maximum Gasteiger partial charge on any atom is 0.326 e. The van der Waals surface area contributed by atoms with Crippen LogP contribution in [0, 0.1) is 41.8 Å². The number of aliphatic hydroxyl groups excluding tert-OH is 2. The van der Waals surface area contributed by atoms with Crippen LogP contribution in [0.5, 0.6) is 0 Å². The number of nitrogens with zero attached hydrogens (tertiary/aromatic N) is 2. The van der Waals surface area contributed by atoms with E-state index < -0.39 is 77.8 Å². The number of carboxylic acids is 3. The van der Waals surface area contributed by atoms with Gasteiger partial charge in [-0.15, -0.1) is 0 Å². The Kier molecular flexibility index (Phi) is 37.1. The lowest BCUT2D eigenvalue weighted by molar-refractivity contribution is -0.150. The van der Waals surface area contributed by atoms with E-state index in [-0.39, 0.29) is 66.7 Å². The summed E-state index contributed by atoms with van der Waals surface area (Å²) in [5.41, 5.74) is 6.40. The molecule has 3 saturated heterocycles. The zero-order chi connectivity index (χ0) is 68.0. The number of nitrogens with one attached hydrogen (secondary N) is 4. The first kappa shape index (κ1) is 81.5. The molecule has 0 spiro atoms. The van der Waals surface area contributed by atoms with Gasteiger partial charge in [-0.2, -0.15) is 0 Å². The largest absolute Gasteiger partial charge is 0.480 e. The number of nitrogens with two attached hydrogens (primary N) is 1. The minimum absolute atomic E-state index is 0. The van der Waals surface area contributed by atoms with Gasteiger partial charge in [-0.1, -0.05) is 116 Å². The van der Waals surface area contributed by atoms with E-state index in [2.05, 4.69) is 33.1 Å². The molecule has 1 aromatic rings. The molecule has 23 heteroatoms. The maximum absolute atomic E-state index is 13.0. The summed E-state index contributed by atoms with van der Waals surface area (Å²) in [4.78, 5) is 111. The van der Waals surface area contributed by atoms with Crippen molar-refractivity contribution in [2.24, 2.45) is 23.5 Å². The lowest BCUT2D eigenvalue weighted by atomic mass is 9.84. The van der Waals surface area contributed by atoms with Crippen LogP contribution in [0.2, 0.25) is 0 Å². The third-order valence-corrected chi connectivity index (χ3v) is 17.4. The van der Waals surface area contributed by atoms with E-state index in [9.17, 15) is 53.4 Å². The molecule has 92 heavy (non-hydrogen) atoms. The lowest BCUT2D eigenvalue weighted by Crippen LogP contribution is -2.55. The molecule has 0 radical (unpaired) electrons. The molecule has 15 atom stereocenters. The summed E-state index contributed by atoms with van der Waals surface area (Å²) in [7, 11) is 0. The number of ether oxygens (including phenoxy) is 2. The monoisotopic (exact) mass is 1290 g/mol. The highest BCUT2D eigenvalue weighted by Gasteiger charge is 2.50. The number of aliphatic hydroxyl groups is 2. The Bertz CT molecular complexity index is 2510. The van der Waals surface area contributed by atoms with Crippen molar-refractivity contribution in [3.63, 3.8) is 0 Å². The predicted octanol–water partition coefficient (Wildman–Crippen LogP) is 7.37. The number of hydrogen-bond donors (Lipinski definition) is 10. The van der Waals surface area contributed by atoms with Gasteiger partial charge in [0.25, 0.3) is 0 Å². The molecule has 3 aliphatic carbocycles. The number of carbonyl (C=O) groups is 9. The Morgan fingerprint density at radius 2 is 1.00 bits per heavy atom. The van der Waals surface area contributed by atoms with Gasteiger partial charge in [-0.25, -0.2) is 9.59 Å². The quantitative estimate of drug-likeness (QED) is 0.0356. The zero-order valence-electron chi connectivity index (χ0n) is 55.5. The Labute approximate surface area is 546 Å². The molecule has 3 aliphatic heterocycles. The number of Topliss-reactive ketones (excluding diaryl/α,β-unsaturated/α-hetero) is 2. The number of likely N-dealkylation sites (tertiary alicyclic amines) is 2. The highest BCUT2D eigenvalue weighted by Crippen LogP contribution is 2.42. The van der Waals surface area contributed by atoms with E-state index in [0.29, 0.717) is 70.1 Å². The van der Waals surface area contributed by atoms with Crippen LogP contribution in [-0.2, 0) is 59.2 Å². The number of amides is 2. The predicted molar refractivity (Wildman–Crippen MR) is 349 cm³/mol. The van der Waals surface area contributed by atoms with E-state index in [1.54, 1.807) is 33.0 Å². The SMILES string of the molecule is C.CC(C)(C)N.CCC[C@H](N[C@@H](C)C(=O)N1[C@H](C(=O)O)C[C@@H]2CCCC[C@@H]21)C(=O)C#CO.CCC[C@H](N[C@@H](C)C(=O)N1[C@H](C(=O)O)C[C@@H]2CCCC[C@@H]21)C(=O)C#CO.CCC[C@H](N[C@@H](C)C(=O)O)C(=O)OCC.O=C(OCc1ccccc1)[C@@H]1C[C@@H]2CCCC[C@@H]2N1. The Morgan fingerprint density at radius 3 is 1.39 bits per heavy atom. The van der Waals surface area contributed by atoms with E-state index >= 15 is 0 Å². The fourth-order valence-electron chi connectivity index (χ4n) is 13.1. The molecule has 518 valence electrons. The van der Waals surface area contributed by atoms with Crippen molar-refractivity contribution in [2.45, 2.75) is 296 Å². The van der Waals surface area contributed by atoms with Crippen LogP contribution in [0.25, 0.3) is 0 Å². The summed E-state index contributed by atoms with van der Waals surface area (Å²) in [5, 5.41) is 57.3. The first-order valence-corrected chi connectivity index (χ1v) is 33.1. The van der Waals surface area contributed by atoms with Gasteiger partial charge in [0.05, 0.1) is 30.8 Å². The van der Waals surface area contributed by atoms with E-state index in [4.69, 9.17) is 30.5 Å². The summed E-state index contributed by atoms with van der Waals surface area (Å²) in [6.45, 7) is 18.9. The van der Waals surface area contributed by atoms with Crippen molar-refractivity contribution in [2.75, 3.05) is 6.61 Å². The first-order chi connectivity index (χ1) is 43.2. The summed E-state index contributed by atoms with van der Waals surface area (Å²) in [6, 6.07) is 4.69. The minimum atomic E-state index is -0.972. The van der Waals surface area contributed by atoms with Gasteiger partial charge in [0.1, 0.15) is 49.0 Å². The molecular formula is C69H111N7O16. The molecule has 3 heterocycles. The number of rotatable bonds is 24. The molecule has 6 fully saturated rings. The normalized spacial score (nSPS) is 24.4. The van der Waals surface area contributed by atoms with Gasteiger partial charge in [0, 0.05) is 35.5 Å². The van der Waals surface area contributed by atoms with Gasteiger partial charge in [0.15, 0.2) is 0 Å². The third kappa shape index (κ3) is 26.8. The van der Waals surface area contributed by atoms with Gasteiger partial charge in [-0.05, 0) is 149 Å². The van der Waals surface area contributed by atoms with Crippen LogP contribution in [0.4, 0.5) is 0 Å². The molecule has 6 aliphatic rings. The van der Waals surface area contributed by atoms with Crippen LogP contribution in [0.3, 0.4) is 0 Å². The van der Waals surface area contributed by atoms with Gasteiger partial charge >= 0.3 is 29.8 Å². The van der Waals surface area contributed by atoms with Gasteiger partial charge < -0.3 is 55.9 Å². The molecular weight excluding hydrogens is 1180 g/mol. The lowest BCUT2D eigenvalue weighted by Gasteiger charge is -2.35. The average molecular weight is 1290 g/mol. The maximum atomic E-state index is 13.0. The van der Waals surface area contributed by atoms with Crippen molar-refractivity contribution < 1.29 is 78.2 Å². The number of fused-ring (bicyclic) bond motifs is 3. The highest BCUT2D eigenvalue weighted by molar-refractivity contribution is 6.00. The van der Waals surface area contributed by atoms with Crippen molar-refractivity contribution in [3.8, 4) is 24.1 Å². The highest BCUT2D eigenvalue weighted by atomic mass is 16.5. The van der Waals surface area contributed by atoms with Crippen molar-refractivity contribution >= 4 is 53.2 Å². The van der Waals surface area contributed by atoms with Crippen LogP contribution < -0.4 is 27.0 Å². The summed E-state index contributed by atoms with van der Waals surface area (Å²) < 4.78 is 10.3. The molecule has 0 bridgehead atoms. The number of ketones is 2. The fourth-order valence-corrected chi connectivity index (χ4v) is 13.1. The first-order valence-electron chi connectivity index (χ1n) is 33.1. The van der Waals surface area contributed by atoms with Crippen LogP contribution in [0.1, 0.15) is 217 Å². The van der Waals surface area contributed by atoms with E-state index in [1.807, 2.05) is 71.9 Å².